The van der Waals surface area contributed by atoms with Crippen LogP contribution in [0.25, 0.3) is 0 Å². The van der Waals surface area contributed by atoms with E-state index in [4.69, 9.17) is 0 Å². The van der Waals surface area contributed by atoms with E-state index in [0.717, 1.165) is 14.4 Å². The number of urea groups is 1. The Hall–Kier alpha value is -1.06. The van der Waals surface area contributed by atoms with Gasteiger partial charge in [-0.05, 0) is 5.75 Å². The van der Waals surface area contributed by atoms with Crippen LogP contribution >= 0.6 is 34.9 Å². The molecule has 0 unspecified atom stereocenters. The third kappa shape index (κ3) is 6.60. The van der Waals surface area contributed by atoms with E-state index in [1.54, 1.807) is 11.8 Å². The first-order valence-electron chi connectivity index (χ1n) is 5.43. The van der Waals surface area contributed by atoms with E-state index < -0.39 is 6.03 Å². The highest BCUT2D eigenvalue weighted by Gasteiger charge is 2.10. The Kier molecular flexibility index (Phi) is 7.53. The topological polar surface area (TPSA) is 84.0 Å². The zero-order valence-corrected chi connectivity index (χ0v) is 12.8. The Morgan fingerprint density at radius 1 is 1.37 bits per heavy atom. The van der Waals surface area contributed by atoms with E-state index in [0.29, 0.717) is 6.54 Å². The molecule has 1 aromatic rings. The molecule has 2 N–H and O–H groups in total. The molecule has 1 aromatic heterocycles. The van der Waals surface area contributed by atoms with Crippen LogP contribution < -0.4 is 10.6 Å². The summed E-state index contributed by atoms with van der Waals surface area (Å²) in [6.45, 7) is 5.81. The molecule has 0 radical (unpaired) electrons. The number of hydrogen-bond acceptors (Lipinski definition) is 7. The van der Waals surface area contributed by atoms with E-state index in [1.165, 1.54) is 29.2 Å². The number of aromatic nitrogens is 2. The predicted molar refractivity (Wildman–Crippen MR) is 78.8 cm³/mol. The standard InChI is InChI=1S/C10H14N4O2S3/c1-3-5-11-8(16)12-7(15)6-18-10-14-13-9(19-10)17-4-2/h3H,1,4-6H2,2H3,(H2,11,12,15,16). The van der Waals surface area contributed by atoms with Crippen LogP contribution in [0, 0.1) is 0 Å². The lowest BCUT2D eigenvalue weighted by atomic mass is 10.6. The maximum atomic E-state index is 11.5. The molecule has 0 aliphatic heterocycles. The number of carbonyl (C=O) groups excluding carboxylic acids is 2. The number of thioether (sulfide) groups is 2. The maximum absolute atomic E-state index is 11.5. The molecular formula is C10H14N4O2S3. The Morgan fingerprint density at radius 3 is 2.68 bits per heavy atom. The fourth-order valence-corrected chi connectivity index (χ4v) is 3.65. The number of carbonyl (C=O) groups is 2. The molecule has 9 heteroatoms. The SMILES string of the molecule is C=CCNC(=O)NC(=O)CSc1nnc(SCC)s1. The van der Waals surface area contributed by atoms with Gasteiger partial charge in [-0.2, -0.15) is 0 Å². The van der Waals surface area contributed by atoms with Crippen molar-refractivity contribution >= 4 is 46.8 Å². The molecule has 0 aliphatic rings. The number of nitrogens with zero attached hydrogens (tertiary/aromatic N) is 2. The van der Waals surface area contributed by atoms with Crippen molar-refractivity contribution in [1.82, 2.24) is 20.8 Å². The number of rotatable bonds is 7. The number of imide groups is 1. The fraction of sp³-hybridized carbons (Fsp3) is 0.400. The van der Waals surface area contributed by atoms with Gasteiger partial charge in [-0.15, -0.1) is 16.8 Å². The second kappa shape index (κ2) is 8.94. The van der Waals surface area contributed by atoms with Gasteiger partial charge in [0, 0.05) is 6.54 Å². The van der Waals surface area contributed by atoms with Gasteiger partial charge in [-0.25, -0.2) is 4.79 Å². The van der Waals surface area contributed by atoms with Gasteiger partial charge in [0.25, 0.3) is 0 Å². The molecule has 0 aliphatic carbocycles. The average molecular weight is 318 g/mol. The summed E-state index contributed by atoms with van der Waals surface area (Å²) in [5.74, 6) is 0.697. The molecule has 0 saturated heterocycles. The second-order valence-electron chi connectivity index (χ2n) is 3.10. The zero-order chi connectivity index (χ0) is 14.1. The fourth-order valence-electron chi connectivity index (χ4n) is 0.936. The van der Waals surface area contributed by atoms with Crippen LogP contribution in [0.2, 0.25) is 0 Å². The summed E-state index contributed by atoms with van der Waals surface area (Å²) in [7, 11) is 0. The number of nitrogens with one attached hydrogen (secondary N) is 2. The van der Waals surface area contributed by atoms with Crippen molar-refractivity contribution in [3.63, 3.8) is 0 Å². The molecular weight excluding hydrogens is 304 g/mol. The van der Waals surface area contributed by atoms with Crippen LogP contribution in [0.15, 0.2) is 21.3 Å². The van der Waals surface area contributed by atoms with Gasteiger partial charge in [0.2, 0.25) is 5.91 Å². The molecule has 0 fully saturated rings. The minimum Gasteiger partial charge on any atom is -0.334 e. The van der Waals surface area contributed by atoms with Crippen LogP contribution in [-0.2, 0) is 4.79 Å². The van der Waals surface area contributed by atoms with Crippen LogP contribution in [0.4, 0.5) is 4.79 Å². The van der Waals surface area contributed by atoms with Gasteiger partial charge in [-0.1, -0.05) is 47.9 Å². The Bertz CT molecular complexity index is 450. The summed E-state index contributed by atoms with van der Waals surface area (Å²) in [5, 5.41) is 12.6. The van der Waals surface area contributed by atoms with Gasteiger partial charge in [0.1, 0.15) is 0 Å². The van der Waals surface area contributed by atoms with Gasteiger partial charge in [0.15, 0.2) is 8.68 Å². The van der Waals surface area contributed by atoms with Crippen molar-refractivity contribution in [3.05, 3.63) is 12.7 Å². The summed E-state index contributed by atoms with van der Waals surface area (Å²) < 4.78 is 1.60. The molecule has 6 nitrogen and oxygen atoms in total. The molecule has 0 aromatic carbocycles. The highest BCUT2D eigenvalue weighted by Crippen LogP contribution is 2.28. The van der Waals surface area contributed by atoms with E-state index in [1.807, 2.05) is 6.92 Å². The van der Waals surface area contributed by atoms with Crippen molar-refractivity contribution in [3.8, 4) is 0 Å². The lowest BCUT2D eigenvalue weighted by molar-refractivity contribution is -0.117. The molecule has 0 atom stereocenters. The van der Waals surface area contributed by atoms with Gasteiger partial charge in [-0.3, -0.25) is 10.1 Å². The van der Waals surface area contributed by atoms with Crippen molar-refractivity contribution in [1.29, 1.82) is 0 Å². The average Bonchev–Trinajstić information content (AvgIpc) is 2.82. The maximum Gasteiger partial charge on any atom is 0.321 e. The van der Waals surface area contributed by atoms with Crippen molar-refractivity contribution in [2.24, 2.45) is 0 Å². The third-order valence-corrected chi connectivity index (χ3v) is 4.71. The van der Waals surface area contributed by atoms with Crippen molar-refractivity contribution in [2.75, 3.05) is 18.1 Å². The highest BCUT2D eigenvalue weighted by molar-refractivity contribution is 8.03. The molecule has 0 saturated carbocycles. The quantitative estimate of drug-likeness (QED) is 0.589. The second-order valence-corrected chi connectivity index (χ2v) is 6.81. The molecule has 104 valence electrons. The number of amides is 3. The summed E-state index contributed by atoms with van der Waals surface area (Å²) in [6.07, 6.45) is 1.53. The molecule has 3 amide bonds. The molecule has 0 bridgehead atoms. The Labute approximate surface area is 123 Å². The predicted octanol–water partition coefficient (Wildman–Crippen LogP) is 1.75. The summed E-state index contributed by atoms with van der Waals surface area (Å²) >= 11 is 4.31. The first-order chi connectivity index (χ1) is 9.15. The Morgan fingerprint density at radius 2 is 2.05 bits per heavy atom. The lowest BCUT2D eigenvalue weighted by Gasteiger charge is -2.03. The van der Waals surface area contributed by atoms with E-state index in [-0.39, 0.29) is 11.7 Å². The van der Waals surface area contributed by atoms with E-state index in [2.05, 4.69) is 27.4 Å². The highest BCUT2D eigenvalue weighted by atomic mass is 32.2. The molecule has 19 heavy (non-hydrogen) atoms. The van der Waals surface area contributed by atoms with Gasteiger partial charge < -0.3 is 5.32 Å². The monoisotopic (exact) mass is 318 g/mol. The first-order valence-corrected chi connectivity index (χ1v) is 8.22. The number of hydrogen-bond donors (Lipinski definition) is 2. The van der Waals surface area contributed by atoms with Gasteiger partial charge in [0.05, 0.1) is 5.75 Å². The van der Waals surface area contributed by atoms with Crippen LogP contribution in [0.3, 0.4) is 0 Å². The van der Waals surface area contributed by atoms with E-state index >= 15 is 0 Å². The van der Waals surface area contributed by atoms with E-state index in [9.17, 15) is 9.59 Å². The normalized spacial score (nSPS) is 9.95. The minimum atomic E-state index is -0.523. The summed E-state index contributed by atoms with van der Waals surface area (Å²) in [5.41, 5.74) is 0. The molecule has 1 rings (SSSR count). The summed E-state index contributed by atoms with van der Waals surface area (Å²) in [4.78, 5) is 22.6. The van der Waals surface area contributed by atoms with Crippen molar-refractivity contribution < 1.29 is 9.59 Å². The summed E-state index contributed by atoms with van der Waals surface area (Å²) in [6, 6.07) is -0.523. The zero-order valence-electron chi connectivity index (χ0n) is 10.3. The minimum absolute atomic E-state index is 0.132. The van der Waals surface area contributed by atoms with Gasteiger partial charge >= 0.3 is 6.03 Å². The Balaban J connectivity index is 2.28. The van der Waals surface area contributed by atoms with Crippen molar-refractivity contribution in [2.45, 2.75) is 15.6 Å². The largest absolute Gasteiger partial charge is 0.334 e. The first kappa shape index (κ1) is 16.0. The lowest BCUT2D eigenvalue weighted by Crippen LogP contribution is -2.40. The van der Waals surface area contributed by atoms with Crippen LogP contribution in [0.1, 0.15) is 6.92 Å². The third-order valence-electron chi connectivity index (χ3n) is 1.64. The molecule has 1 heterocycles. The van der Waals surface area contributed by atoms with Crippen LogP contribution in [-0.4, -0.2) is 40.2 Å². The smallest absolute Gasteiger partial charge is 0.321 e. The molecule has 0 spiro atoms. The van der Waals surface area contributed by atoms with Crippen LogP contribution in [0.5, 0.6) is 0 Å².